The quantitative estimate of drug-likeness (QED) is 0.458. The Labute approximate surface area is 73.5 Å². The van der Waals surface area contributed by atoms with Crippen molar-refractivity contribution < 1.29 is 5.11 Å². The van der Waals surface area contributed by atoms with Gasteiger partial charge in [0.05, 0.1) is 0 Å². The highest BCUT2D eigenvalue weighted by atomic mass is 16.3. The fourth-order valence-electron chi connectivity index (χ4n) is 2.53. The van der Waals surface area contributed by atoms with Crippen LogP contribution < -0.4 is 0 Å². The molecule has 12 heavy (non-hydrogen) atoms. The summed E-state index contributed by atoms with van der Waals surface area (Å²) in [7, 11) is 0. The molecular formula is C11H14O. The lowest BCUT2D eigenvalue weighted by molar-refractivity contribution is 0.0434. The van der Waals surface area contributed by atoms with Crippen molar-refractivity contribution in [3.8, 4) is 12.3 Å². The molecule has 4 atom stereocenters. The third-order valence-electron chi connectivity index (χ3n) is 3.29. The highest BCUT2D eigenvalue weighted by molar-refractivity contribution is 5.19. The Morgan fingerprint density at radius 1 is 1.50 bits per heavy atom. The summed E-state index contributed by atoms with van der Waals surface area (Å²) in [6.07, 6.45) is 12.0. The van der Waals surface area contributed by atoms with Crippen molar-refractivity contribution in [1.82, 2.24) is 0 Å². The van der Waals surface area contributed by atoms with Gasteiger partial charge in [-0.05, 0) is 31.6 Å². The average molecular weight is 162 g/mol. The molecule has 0 aliphatic heterocycles. The van der Waals surface area contributed by atoms with Crippen LogP contribution in [0.25, 0.3) is 0 Å². The predicted molar refractivity (Wildman–Crippen MR) is 48.3 cm³/mol. The Bertz CT molecular complexity index is 257. The summed E-state index contributed by atoms with van der Waals surface area (Å²) in [5, 5.41) is 9.88. The zero-order valence-corrected chi connectivity index (χ0v) is 7.33. The van der Waals surface area contributed by atoms with E-state index in [0.29, 0.717) is 11.8 Å². The first-order chi connectivity index (χ1) is 5.63. The highest BCUT2D eigenvalue weighted by Gasteiger charge is 2.44. The standard InChI is InChI=1S/C11H14O/c1-3-11(2,12)10-7-8-4-5-9(10)6-8/h1,4-5,8-10,12H,6-7H2,2H3/t8-,9-,10+,11+/m1/s1. The Morgan fingerprint density at radius 3 is 2.67 bits per heavy atom. The minimum absolute atomic E-state index is 0.289. The zero-order valence-electron chi connectivity index (χ0n) is 7.33. The maximum Gasteiger partial charge on any atom is 0.125 e. The molecule has 0 saturated heterocycles. The van der Waals surface area contributed by atoms with E-state index >= 15 is 0 Å². The normalized spacial score (nSPS) is 42.6. The van der Waals surface area contributed by atoms with E-state index in [1.165, 1.54) is 6.42 Å². The Kier molecular flexibility index (Phi) is 1.56. The van der Waals surface area contributed by atoms with Crippen LogP contribution in [0.5, 0.6) is 0 Å². The summed E-state index contributed by atoms with van der Waals surface area (Å²) in [5.41, 5.74) is -0.899. The molecule has 0 amide bonds. The van der Waals surface area contributed by atoms with Gasteiger partial charge in [-0.1, -0.05) is 18.1 Å². The zero-order chi connectivity index (χ0) is 8.77. The van der Waals surface area contributed by atoms with Crippen LogP contribution >= 0.6 is 0 Å². The fraction of sp³-hybridized carbons (Fsp3) is 0.636. The lowest BCUT2D eigenvalue weighted by Crippen LogP contribution is -2.35. The monoisotopic (exact) mass is 162 g/mol. The molecule has 2 bridgehead atoms. The van der Waals surface area contributed by atoms with Crippen LogP contribution in [0.4, 0.5) is 0 Å². The number of hydrogen-bond donors (Lipinski definition) is 1. The number of aliphatic hydroxyl groups is 1. The molecule has 0 aromatic rings. The molecule has 2 aliphatic rings. The average Bonchev–Trinajstić information content (AvgIpc) is 2.64. The van der Waals surface area contributed by atoms with E-state index < -0.39 is 5.60 Å². The minimum Gasteiger partial charge on any atom is -0.378 e. The van der Waals surface area contributed by atoms with Crippen molar-refractivity contribution in [3.63, 3.8) is 0 Å². The van der Waals surface area contributed by atoms with Gasteiger partial charge in [0.1, 0.15) is 5.60 Å². The molecule has 0 aromatic heterocycles. The summed E-state index contributed by atoms with van der Waals surface area (Å²) < 4.78 is 0. The van der Waals surface area contributed by atoms with Crippen molar-refractivity contribution >= 4 is 0 Å². The van der Waals surface area contributed by atoms with Crippen molar-refractivity contribution in [2.45, 2.75) is 25.4 Å². The van der Waals surface area contributed by atoms with Crippen LogP contribution in [-0.4, -0.2) is 10.7 Å². The molecule has 1 nitrogen and oxygen atoms in total. The third-order valence-corrected chi connectivity index (χ3v) is 3.29. The predicted octanol–water partition coefficient (Wildman–Crippen LogP) is 1.58. The number of allylic oxidation sites excluding steroid dienone is 2. The maximum atomic E-state index is 9.88. The van der Waals surface area contributed by atoms with Crippen LogP contribution in [0.1, 0.15) is 19.8 Å². The molecule has 0 heterocycles. The van der Waals surface area contributed by atoms with Gasteiger partial charge in [0.2, 0.25) is 0 Å². The Morgan fingerprint density at radius 2 is 2.25 bits per heavy atom. The van der Waals surface area contributed by atoms with E-state index in [1.54, 1.807) is 6.92 Å². The van der Waals surface area contributed by atoms with E-state index in [4.69, 9.17) is 6.42 Å². The smallest absolute Gasteiger partial charge is 0.125 e. The van der Waals surface area contributed by atoms with Crippen LogP contribution in [0.2, 0.25) is 0 Å². The Hall–Kier alpha value is -0.740. The molecule has 0 radical (unpaired) electrons. The van der Waals surface area contributed by atoms with E-state index in [-0.39, 0.29) is 5.92 Å². The van der Waals surface area contributed by atoms with Gasteiger partial charge in [0.25, 0.3) is 0 Å². The fourth-order valence-corrected chi connectivity index (χ4v) is 2.53. The van der Waals surface area contributed by atoms with Crippen molar-refractivity contribution in [3.05, 3.63) is 12.2 Å². The largest absolute Gasteiger partial charge is 0.378 e. The molecule has 0 aromatic carbocycles. The van der Waals surface area contributed by atoms with Crippen LogP contribution in [0, 0.1) is 30.1 Å². The van der Waals surface area contributed by atoms with E-state index in [0.717, 1.165) is 6.42 Å². The van der Waals surface area contributed by atoms with E-state index in [2.05, 4.69) is 18.1 Å². The van der Waals surface area contributed by atoms with Gasteiger partial charge in [-0.25, -0.2) is 0 Å². The van der Waals surface area contributed by atoms with E-state index in [9.17, 15) is 5.11 Å². The van der Waals surface area contributed by atoms with Crippen molar-refractivity contribution in [2.75, 3.05) is 0 Å². The summed E-state index contributed by atoms with van der Waals surface area (Å²) in [6.45, 7) is 1.76. The van der Waals surface area contributed by atoms with Crippen LogP contribution in [0.3, 0.4) is 0 Å². The second-order valence-corrected chi connectivity index (χ2v) is 4.18. The second-order valence-electron chi connectivity index (χ2n) is 4.18. The third kappa shape index (κ3) is 0.990. The number of rotatable bonds is 1. The molecule has 1 saturated carbocycles. The van der Waals surface area contributed by atoms with E-state index in [1.807, 2.05) is 0 Å². The van der Waals surface area contributed by atoms with Gasteiger partial charge >= 0.3 is 0 Å². The topological polar surface area (TPSA) is 20.2 Å². The molecule has 64 valence electrons. The second kappa shape index (κ2) is 2.37. The van der Waals surface area contributed by atoms with Crippen molar-refractivity contribution in [2.24, 2.45) is 17.8 Å². The highest BCUT2D eigenvalue weighted by Crippen LogP contribution is 2.47. The van der Waals surface area contributed by atoms with Crippen LogP contribution in [-0.2, 0) is 0 Å². The van der Waals surface area contributed by atoms with Crippen LogP contribution in [0.15, 0.2) is 12.2 Å². The molecule has 1 N–H and O–H groups in total. The summed E-state index contributed by atoms with van der Waals surface area (Å²) in [5.74, 6) is 3.99. The molecule has 1 fully saturated rings. The minimum atomic E-state index is -0.899. The summed E-state index contributed by atoms with van der Waals surface area (Å²) in [6, 6.07) is 0. The Balaban J connectivity index is 2.19. The maximum absolute atomic E-state index is 9.88. The number of terminal acetylenes is 1. The van der Waals surface area contributed by atoms with Gasteiger partial charge < -0.3 is 5.11 Å². The molecule has 0 spiro atoms. The lowest BCUT2D eigenvalue weighted by atomic mass is 9.80. The number of hydrogen-bond acceptors (Lipinski definition) is 1. The summed E-state index contributed by atoms with van der Waals surface area (Å²) >= 11 is 0. The first-order valence-corrected chi connectivity index (χ1v) is 4.52. The van der Waals surface area contributed by atoms with Gasteiger partial charge in [0, 0.05) is 5.92 Å². The van der Waals surface area contributed by atoms with Gasteiger partial charge in [-0.15, -0.1) is 6.42 Å². The summed E-state index contributed by atoms with van der Waals surface area (Å²) in [4.78, 5) is 0. The van der Waals surface area contributed by atoms with Crippen molar-refractivity contribution in [1.29, 1.82) is 0 Å². The molecule has 2 aliphatic carbocycles. The molecule has 2 rings (SSSR count). The first-order valence-electron chi connectivity index (χ1n) is 4.52. The van der Waals surface area contributed by atoms with Gasteiger partial charge in [0.15, 0.2) is 0 Å². The number of fused-ring (bicyclic) bond motifs is 2. The van der Waals surface area contributed by atoms with Gasteiger partial charge in [-0.2, -0.15) is 0 Å². The van der Waals surface area contributed by atoms with Gasteiger partial charge in [-0.3, -0.25) is 0 Å². The lowest BCUT2D eigenvalue weighted by Gasteiger charge is -2.29. The molecular weight excluding hydrogens is 148 g/mol. The molecule has 1 heteroatoms. The SMILES string of the molecule is C#C[C@](C)(O)[C@H]1C[C@@H]2C=C[C@@H]1C2. The molecule has 0 unspecified atom stereocenters. The first kappa shape index (κ1) is 7.89.